The molecule has 41 heavy (non-hydrogen) atoms. The lowest BCUT2D eigenvalue weighted by molar-refractivity contribution is 0.0429. The highest BCUT2D eigenvalue weighted by molar-refractivity contribution is 5.69. The summed E-state index contributed by atoms with van der Waals surface area (Å²) in [5.41, 5.74) is 7.71. The van der Waals surface area contributed by atoms with Crippen LogP contribution in [0.5, 0.6) is 0 Å². The van der Waals surface area contributed by atoms with E-state index < -0.39 is 5.60 Å². The van der Waals surface area contributed by atoms with E-state index in [1.807, 2.05) is 57.2 Å². The Kier molecular flexibility index (Phi) is 8.18. The van der Waals surface area contributed by atoms with Gasteiger partial charge in [-0.2, -0.15) is 0 Å². The number of alkyl carbamates (subject to hydrolysis) is 1. The monoisotopic (exact) mass is 552 g/mol. The van der Waals surface area contributed by atoms with Crippen molar-refractivity contribution in [2.24, 2.45) is 16.6 Å². The van der Waals surface area contributed by atoms with Gasteiger partial charge in [-0.05, 0) is 128 Å². The molecule has 0 saturated heterocycles. The third-order valence-electron chi connectivity index (χ3n) is 9.20. The molecule has 2 aromatic rings. The van der Waals surface area contributed by atoms with E-state index in [9.17, 15) is 4.79 Å². The van der Waals surface area contributed by atoms with Gasteiger partial charge in [0.25, 0.3) is 0 Å². The zero-order valence-corrected chi connectivity index (χ0v) is 24.9. The normalized spacial score (nSPS) is 31.3. The molecule has 2 aromatic heterocycles. The van der Waals surface area contributed by atoms with Crippen LogP contribution < -0.4 is 11.1 Å². The molecular formula is C35H44N4O2. The van der Waals surface area contributed by atoms with E-state index in [0.717, 1.165) is 62.8 Å². The number of carbonyl (C=O) groups is 1. The molecule has 4 saturated carbocycles. The quantitative estimate of drug-likeness (QED) is 0.392. The second-order valence-corrected chi connectivity index (χ2v) is 13.8. The molecule has 4 aliphatic carbocycles. The number of amides is 1. The van der Waals surface area contributed by atoms with Crippen LogP contribution >= 0.6 is 0 Å². The fourth-order valence-electron chi connectivity index (χ4n) is 7.33. The van der Waals surface area contributed by atoms with Crippen molar-refractivity contribution in [2.75, 3.05) is 0 Å². The number of hydrogen-bond acceptors (Lipinski definition) is 5. The Morgan fingerprint density at radius 3 is 1.98 bits per heavy atom. The lowest BCUT2D eigenvalue weighted by atomic mass is 9.73. The van der Waals surface area contributed by atoms with Gasteiger partial charge in [0.05, 0.1) is 0 Å². The molecule has 2 heterocycles. The zero-order chi connectivity index (χ0) is 29.0. The van der Waals surface area contributed by atoms with Crippen molar-refractivity contribution in [1.82, 2.24) is 15.3 Å². The summed E-state index contributed by atoms with van der Waals surface area (Å²) >= 11 is 0. The summed E-state index contributed by atoms with van der Waals surface area (Å²) < 4.78 is 5.45. The molecule has 6 heteroatoms. The highest BCUT2D eigenvalue weighted by Crippen LogP contribution is 2.54. The molecular weight excluding hydrogens is 508 g/mol. The lowest BCUT2D eigenvalue weighted by Gasteiger charge is -2.37. The largest absolute Gasteiger partial charge is 0.444 e. The Labute approximate surface area is 245 Å². The summed E-state index contributed by atoms with van der Waals surface area (Å²) in [7, 11) is 0. The van der Waals surface area contributed by atoms with Gasteiger partial charge in [0, 0.05) is 34.3 Å². The molecule has 0 aromatic carbocycles. The summed E-state index contributed by atoms with van der Waals surface area (Å²) in [4.78, 5) is 20.8. The topological polar surface area (TPSA) is 90.1 Å². The van der Waals surface area contributed by atoms with E-state index >= 15 is 0 Å². The number of fused-ring (bicyclic) bond motifs is 4. The van der Waals surface area contributed by atoms with Crippen LogP contribution in [0, 0.1) is 34.5 Å². The zero-order valence-electron chi connectivity index (χ0n) is 24.9. The van der Waals surface area contributed by atoms with E-state index in [1.165, 1.54) is 25.7 Å². The van der Waals surface area contributed by atoms with E-state index in [2.05, 4.69) is 39.0 Å². The molecule has 0 aliphatic heterocycles. The van der Waals surface area contributed by atoms with E-state index in [4.69, 9.17) is 10.5 Å². The summed E-state index contributed by atoms with van der Waals surface area (Å²) in [6, 6.07) is 11.7. The molecule has 6 nitrogen and oxygen atoms in total. The number of pyridine rings is 2. The fraction of sp³-hybridized carbons (Fsp3) is 0.571. The predicted molar refractivity (Wildman–Crippen MR) is 162 cm³/mol. The number of rotatable bonds is 1. The third-order valence-corrected chi connectivity index (χ3v) is 9.20. The van der Waals surface area contributed by atoms with Gasteiger partial charge in [-0.15, -0.1) is 0 Å². The number of aromatic nitrogens is 2. The predicted octanol–water partition coefficient (Wildman–Crippen LogP) is 6.54. The minimum Gasteiger partial charge on any atom is -0.444 e. The van der Waals surface area contributed by atoms with Crippen molar-refractivity contribution in [1.29, 1.82) is 0 Å². The second kappa shape index (κ2) is 11.5. The lowest BCUT2D eigenvalue weighted by Crippen LogP contribution is -2.50. The average molecular weight is 553 g/mol. The maximum absolute atomic E-state index is 12.2. The van der Waals surface area contributed by atoms with Crippen LogP contribution in [-0.4, -0.2) is 32.7 Å². The van der Waals surface area contributed by atoms with Crippen LogP contribution in [0.4, 0.5) is 4.79 Å². The Balaban J connectivity index is 0.000000174. The van der Waals surface area contributed by atoms with Crippen LogP contribution in [0.2, 0.25) is 0 Å². The maximum Gasteiger partial charge on any atom is 0.408 e. The summed E-state index contributed by atoms with van der Waals surface area (Å²) in [5, 5.41) is 3.16. The van der Waals surface area contributed by atoms with Gasteiger partial charge < -0.3 is 15.8 Å². The molecule has 4 unspecified atom stereocenters. The molecule has 4 bridgehead atoms. The summed E-state index contributed by atoms with van der Waals surface area (Å²) in [5.74, 6) is 13.4. The molecule has 0 spiro atoms. The minimum absolute atomic E-state index is 0.00475. The number of nitrogens with one attached hydrogen (secondary N) is 1. The van der Waals surface area contributed by atoms with E-state index in [1.54, 1.807) is 12.4 Å². The Morgan fingerprint density at radius 2 is 1.39 bits per heavy atom. The average Bonchev–Trinajstić information content (AvgIpc) is 3.33. The second-order valence-electron chi connectivity index (χ2n) is 13.8. The number of carbonyl (C=O) groups excluding carboxylic acids is 1. The number of nitrogens with zero attached hydrogens (tertiary/aromatic N) is 2. The van der Waals surface area contributed by atoms with Crippen molar-refractivity contribution < 1.29 is 9.53 Å². The van der Waals surface area contributed by atoms with Gasteiger partial charge in [-0.1, -0.05) is 30.4 Å². The summed E-state index contributed by atoms with van der Waals surface area (Å²) in [6.07, 6.45) is 16.4. The molecule has 4 atom stereocenters. The fourth-order valence-corrected chi connectivity index (χ4v) is 7.33. The van der Waals surface area contributed by atoms with Crippen molar-refractivity contribution >= 4 is 6.09 Å². The molecule has 6 rings (SSSR count). The van der Waals surface area contributed by atoms with Crippen LogP contribution in [0.3, 0.4) is 0 Å². The van der Waals surface area contributed by atoms with E-state index in [-0.39, 0.29) is 28.0 Å². The first-order chi connectivity index (χ1) is 19.5. The Morgan fingerprint density at radius 1 is 0.805 bits per heavy atom. The summed E-state index contributed by atoms with van der Waals surface area (Å²) in [6.45, 7) is 5.67. The van der Waals surface area contributed by atoms with Crippen molar-refractivity contribution in [2.45, 2.75) is 114 Å². The molecule has 1 amide bonds. The third kappa shape index (κ3) is 7.49. The van der Waals surface area contributed by atoms with Gasteiger partial charge in [0.2, 0.25) is 0 Å². The van der Waals surface area contributed by atoms with Crippen molar-refractivity contribution in [3.8, 4) is 23.7 Å². The van der Waals surface area contributed by atoms with Crippen LogP contribution in [0.1, 0.15) is 109 Å². The first-order valence-electron chi connectivity index (χ1n) is 15.2. The number of hydrogen-bond donors (Lipinski definition) is 2. The van der Waals surface area contributed by atoms with Crippen LogP contribution in [0.15, 0.2) is 48.8 Å². The Bertz CT molecular complexity index is 1350. The van der Waals surface area contributed by atoms with Crippen molar-refractivity contribution in [3.63, 3.8) is 0 Å². The SMILES string of the molecule is CC(C)(C)OC(=O)NC12CCCC(C#Cc3ccccn3)(CC1)C2.NC12CCCC(C#Cc3ccccn3)(CC1)C2. The smallest absolute Gasteiger partial charge is 0.408 e. The van der Waals surface area contributed by atoms with Crippen LogP contribution in [-0.2, 0) is 4.74 Å². The van der Waals surface area contributed by atoms with Gasteiger partial charge in [0.15, 0.2) is 0 Å². The number of nitrogens with two attached hydrogens (primary N) is 1. The molecule has 4 aliphatic rings. The molecule has 216 valence electrons. The molecule has 0 radical (unpaired) electrons. The van der Waals surface area contributed by atoms with Gasteiger partial charge in [-0.3, -0.25) is 0 Å². The first-order valence-corrected chi connectivity index (χ1v) is 15.2. The maximum atomic E-state index is 12.2. The van der Waals surface area contributed by atoms with Crippen LogP contribution in [0.25, 0.3) is 0 Å². The van der Waals surface area contributed by atoms with Gasteiger partial charge >= 0.3 is 6.09 Å². The van der Waals surface area contributed by atoms with Gasteiger partial charge in [0.1, 0.15) is 17.0 Å². The van der Waals surface area contributed by atoms with E-state index in [0.29, 0.717) is 0 Å². The molecule has 3 N–H and O–H groups in total. The molecule has 4 fully saturated rings. The Hall–Kier alpha value is -3.35. The number of ether oxygens (including phenoxy) is 1. The first kappa shape index (κ1) is 29.2. The highest BCUT2D eigenvalue weighted by Gasteiger charge is 2.51. The van der Waals surface area contributed by atoms with Gasteiger partial charge in [-0.25, -0.2) is 14.8 Å². The minimum atomic E-state index is -0.468. The van der Waals surface area contributed by atoms with Crippen molar-refractivity contribution in [3.05, 3.63) is 60.2 Å². The standard InChI is InChI=1S/C20H26N2O2.C15H18N2/c1-18(2,3)24-17(23)22-20-10-6-9-19(15-20,12-13-20)11-8-16-7-4-5-14-21-16;16-15-7-3-6-14(12-15,9-10-15)8-5-13-4-1-2-11-17-13/h4-5,7,14H,6,9-10,12-13,15H2,1-3H3,(H,22,23);1-2,4,11H,3,6-7,9-10,12,16H2. The highest BCUT2D eigenvalue weighted by atomic mass is 16.6.